The highest BCUT2D eigenvalue weighted by molar-refractivity contribution is 5.66. The van der Waals surface area contributed by atoms with Gasteiger partial charge in [0.2, 0.25) is 0 Å². The summed E-state index contributed by atoms with van der Waals surface area (Å²) >= 11 is 0. The minimum Gasteiger partial charge on any atom is -0.481 e. The van der Waals surface area contributed by atoms with Gasteiger partial charge in [-0.25, -0.2) is 5.26 Å². The lowest BCUT2D eigenvalue weighted by atomic mass is 10.1. The van der Waals surface area contributed by atoms with Gasteiger partial charge in [0.15, 0.2) is 0 Å². The Bertz CT molecular complexity index is 424. The molecule has 25 heavy (non-hydrogen) atoms. The van der Waals surface area contributed by atoms with Crippen molar-refractivity contribution < 1.29 is 25.1 Å². The Balaban J connectivity index is 3.93. The zero-order valence-corrected chi connectivity index (χ0v) is 15.2. The number of carboxylic acids is 1. The predicted octanol–water partition coefficient (Wildman–Crippen LogP) is 5.62. The molecule has 0 spiro atoms. The Hall–Kier alpha value is -1.69. The first-order chi connectivity index (χ1) is 12.2. The fourth-order valence-corrected chi connectivity index (χ4v) is 2.07. The number of hydrogen-bond donors (Lipinski definition) is 2. The number of rotatable bonds is 16. The third-order valence-electron chi connectivity index (χ3n) is 3.45. The molecule has 0 aliphatic heterocycles. The molecule has 0 fully saturated rings. The molecule has 0 saturated heterocycles. The molecule has 0 saturated carbocycles. The van der Waals surface area contributed by atoms with E-state index in [9.17, 15) is 4.79 Å². The summed E-state index contributed by atoms with van der Waals surface area (Å²) in [4.78, 5) is 15.1. The third kappa shape index (κ3) is 18.5. The summed E-state index contributed by atoms with van der Waals surface area (Å²) < 4.78 is 0. The standard InChI is InChI=1S/C20H32O5/c1-2-3-4-5-10-13-16-19(24-25-23)17-14-11-8-6-7-9-12-15-18-20(21)22/h7-11,13-14,17,19,23H,2-6,12,15-16,18H2,1H3,(H,21,22)/t19-/m0/s1. The first-order valence-corrected chi connectivity index (χ1v) is 9.02. The van der Waals surface area contributed by atoms with Crippen LogP contribution in [0.15, 0.2) is 48.6 Å². The van der Waals surface area contributed by atoms with Crippen molar-refractivity contribution >= 4 is 5.97 Å². The van der Waals surface area contributed by atoms with Crippen molar-refractivity contribution in [2.75, 3.05) is 0 Å². The van der Waals surface area contributed by atoms with Gasteiger partial charge < -0.3 is 5.11 Å². The van der Waals surface area contributed by atoms with Crippen LogP contribution in [-0.4, -0.2) is 22.4 Å². The van der Waals surface area contributed by atoms with Gasteiger partial charge in [0, 0.05) is 6.42 Å². The van der Waals surface area contributed by atoms with Crippen molar-refractivity contribution in [1.29, 1.82) is 0 Å². The Morgan fingerprint density at radius 2 is 1.76 bits per heavy atom. The van der Waals surface area contributed by atoms with Crippen LogP contribution in [0.25, 0.3) is 0 Å². The van der Waals surface area contributed by atoms with Crippen LogP contribution in [0.4, 0.5) is 0 Å². The van der Waals surface area contributed by atoms with E-state index in [1.54, 1.807) is 0 Å². The molecule has 0 radical (unpaired) electrons. The van der Waals surface area contributed by atoms with E-state index in [1.165, 1.54) is 19.3 Å². The van der Waals surface area contributed by atoms with Crippen LogP contribution in [0.3, 0.4) is 0 Å². The molecule has 2 N–H and O–H groups in total. The average Bonchev–Trinajstić information content (AvgIpc) is 2.59. The summed E-state index contributed by atoms with van der Waals surface area (Å²) in [6.07, 6.45) is 23.2. The molecule has 5 nitrogen and oxygen atoms in total. The summed E-state index contributed by atoms with van der Waals surface area (Å²) in [7, 11) is 0. The van der Waals surface area contributed by atoms with Gasteiger partial charge in [-0.2, -0.15) is 4.89 Å². The number of unbranched alkanes of at least 4 members (excludes halogenated alkanes) is 4. The van der Waals surface area contributed by atoms with Crippen LogP contribution in [0, 0.1) is 0 Å². The van der Waals surface area contributed by atoms with Crippen LogP contribution in [0.2, 0.25) is 0 Å². The second kappa shape index (κ2) is 18.6. The predicted molar refractivity (Wildman–Crippen MR) is 100 cm³/mol. The molecule has 0 rings (SSSR count). The summed E-state index contributed by atoms with van der Waals surface area (Å²) in [6.45, 7) is 2.18. The highest BCUT2D eigenvalue weighted by atomic mass is 17.5. The molecule has 0 aromatic carbocycles. The Morgan fingerprint density at radius 3 is 2.48 bits per heavy atom. The number of aliphatic carboxylic acids is 1. The maximum Gasteiger partial charge on any atom is 0.303 e. The molecule has 0 aliphatic carbocycles. The van der Waals surface area contributed by atoms with E-state index in [1.807, 2.05) is 42.5 Å². The highest BCUT2D eigenvalue weighted by Gasteiger charge is 2.02. The van der Waals surface area contributed by atoms with Gasteiger partial charge in [-0.3, -0.25) is 4.79 Å². The fourth-order valence-electron chi connectivity index (χ4n) is 2.07. The van der Waals surface area contributed by atoms with E-state index in [0.29, 0.717) is 12.8 Å². The summed E-state index contributed by atoms with van der Waals surface area (Å²) in [5.74, 6) is -0.752. The molecule has 0 aliphatic rings. The van der Waals surface area contributed by atoms with E-state index >= 15 is 0 Å². The van der Waals surface area contributed by atoms with Gasteiger partial charge in [-0.1, -0.05) is 73.4 Å². The number of carboxylic acid groups (broad SMARTS) is 1. The Kier molecular flexibility index (Phi) is 17.4. The molecule has 5 heteroatoms. The van der Waals surface area contributed by atoms with Gasteiger partial charge in [0.25, 0.3) is 0 Å². The maximum atomic E-state index is 10.4. The molecular formula is C20H32O5. The smallest absolute Gasteiger partial charge is 0.303 e. The van der Waals surface area contributed by atoms with E-state index in [4.69, 9.17) is 15.3 Å². The SMILES string of the molecule is CCCCCC=CC[C@@H](C=CC=CCC=CCCCC(=O)O)OOO. The Labute approximate surface area is 151 Å². The summed E-state index contributed by atoms with van der Waals surface area (Å²) in [6, 6.07) is 0. The topological polar surface area (TPSA) is 76.0 Å². The molecule has 0 heterocycles. The minimum atomic E-state index is -0.752. The number of hydrogen-bond acceptors (Lipinski definition) is 4. The molecule has 0 aromatic heterocycles. The number of allylic oxidation sites excluding steroid dienone is 6. The molecule has 142 valence electrons. The highest BCUT2D eigenvalue weighted by Crippen LogP contribution is 2.05. The molecule has 0 amide bonds. The van der Waals surface area contributed by atoms with Gasteiger partial charge in [0.05, 0.1) is 0 Å². The summed E-state index contributed by atoms with van der Waals surface area (Å²) in [5.41, 5.74) is 0. The largest absolute Gasteiger partial charge is 0.481 e. The third-order valence-corrected chi connectivity index (χ3v) is 3.45. The quantitative estimate of drug-likeness (QED) is 0.124. The number of carbonyl (C=O) groups is 1. The first kappa shape index (κ1) is 23.3. The van der Waals surface area contributed by atoms with Gasteiger partial charge >= 0.3 is 5.97 Å². The van der Waals surface area contributed by atoms with Crippen molar-refractivity contribution in [2.45, 2.75) is 70.8 Å². The molecule has 0 unspecified atom stereocenters. The van der Waals surface area contributed by atoms with E-state index in [0.717, 1.165) is 19.3 Å². The van der Waals surface area contributed by atoms with Gasteiger partial charge in [-0.15, -0.1) is 0 Å². The van der Waals surface area contributed by atoms with Gasteiger partial charge in [0.1, 0.15) is 6.10 Å². The second-order valence-corrected chi connectivity index (χ2v) is 5.72. The van der Waals surface area contributed by atoms with Crippen LogP contribution >= 0.6 is 0 Å². The summed E-state index contributed by atoms with van der Waals surface area (Å²) in [5, 5.41) is 20.7. The fraction of sp³-hybridized carbons (Fsp3) is 0.550. The molecule has 0 bridgehead atoms. The lowest BCUT2D eigenvalue weighted by Gasteiger charge is -2.06. The molecule has 0 aromatic rings. The normalized spacial score (nSPS) is 13.7. The van der Waals surface area contributed by atoms with E-state index < -0.39 is 5.97 Å². The Morgan fingerprint density at radius 1 is 1.00 bits per heavy atom. The zero-order chi connectivity index (χ0) is 18.6. The van der Waals surface area contributed by atoms with Crippen molar-refractivity contribution in [3.63, 3.8) is 0 Å². The molecule has 1 atom stereocenters. The van der Waals surface area contributed by atoms with E-state index in [-0.39, 0.29) is 12.5 Å². The van der Waals surface area contributed by atoms with Crippen molar-refractivity contribution in [2.24, 2.45) is 0 Å². The lowest BCUT2D eigenvalue weighted by Crippen LogP contribution is -2.07. The van der Waals surface area contributed by atoms with Crippen LogP contribution in [-0.2, 0) is 14.7 Å². The van der Waals surface area contributed by atoms with Crippen LogP contribution in [0.5, 0.6) is 0 Å². The van der Waals surface area contributed by atoms with Crippen LogP contribution < -0.4 is 0 Å². The lowest BCUT2D eigenvalue weighted by molar-refractivity contribution is -0.500. The maximum absolute atomic E-state index is 10.4. The van der Waals surface area contributed by atoms with Crippen LogP contribution in [0.1, 0.15) is 64.7 Å². The van der Waals surface area contributed by atoms with Crippen molar-refractivity contribution in [3.05, 3.63) is 48.6 Å². The monoisotopic (exact) mass is 352 g/mol. The zero-order valence-electron chi connectivity index (χ0n) is 15.2. The van der Waals surface area contributed by atoms with Gasteiger partial charge in [-0.05, 0) is 38.5 Å². The average molecular weight is 352 g/mol. The second-order valence-electron chi connectivity index (χ2n) is 5.72. The van der Waals surface area contributed by atoms with E-state index in [2.05, 4.69) is 18.0 Å². The molecular weight excluding hydrogens is 320 g/mol. The first-order valence-electron chi connectivity index (χ1n) is 9.02. The van der Waals surface area contributed by atoms with Crippen molar-refractivity contribution in [1.82, 2.24) is 0 Å². The van der Waals surface area contributed by atoms with Crippen molar-refractivity contribution in [3.8, 4) is 0 Å². The minimum absolute atomic E-state index is 0.213.